The van der Waals surface area contributed by atoms with E-state index in [1.165, 1.54) is 12.8 Å². The molecule has 1 fully saturated rings. The average molecular weight is 481 g/mol. The van der Waals surface area contributed by atoms with E-state index in [2.05, 4.69) is 5.32 Å². The number of para-hydroxylation sites is 3. The van der Waals surface area contributed by atoms with E-state index in [4.69, 9.17) is 9.47 Å². The highest BCUT2D eigenvalue weighted by Crippen LogP contribution is 2.33. The zero-order valence-electron chi connectivity index (χ0n) is 19.0. The van der Waals surface area contributed by atoms with Crippen LogP contribution in [0.25, 0.3) is 0 Å². The third kappa shape index (κ3) is 6.29. The van der Waals surface area contributed by atoms with Gasteiger partial charge in [0, 0.05) is 5.69 Å². The van der Waals surface area contributed by atoms with Crippen molar-refractivity contribution in [1.29, 1.82) is 0 Å². The second kappa shape index (κ2) is 10.6. The number of benzene rings is 3. The molecule has 0 unspecified atom stereocenters. The van der Waals surface area contributed by atoms with Gasteiger partial charge in [-0.1, -0.05) is 30.3 Å². The lowest BCUT2D eigenvalue weighted by Crippen LogP contribution is -2.37. The molecule has 1 saturated carbocycles. The van der Waals surface area contributed by atoms with Gasteiger partial charge in [0.15, 0.2) is 5.75 Å². The number of nitrogens with one attached hydrogen (secondary N) is 1. The van der Waals surface area contributed by atoms with Crippen molar-refractivity contribution in [2.45, 2.75) is 31.8 Å². The van der Waals surface area contributed by atoms with Gasteiger partial charge in [-0.3, -0.25) is 9.10 Å². The summed E-state index contributed by atoms with van der Waals surface area (Å²) in [6.07, 6.45) is 5.82. The fourth-order valence-electron chi connectivity index (χ4n) is 3.89. The Labute approximate surface area is 200 Å². The molecule has 0 aromatic heterocycles. The van der Waals surface area contributed by atoms with Gasteiger partial charge in [0.2, 0.25) is 15.9 Å². The molecule has 8 heteroatoms. The SMILES string of the molecule is CS(=O)(=O)N(CC(=O)Nc1ccc(OC2CCCC2)cc1)c1ccccc1Oc1ccccc1. The molecule has 34 heavy (non-hydrogen) atoms. The molecule has 0 heterocycles. The van der Waals surface area contributed by atoms with E-state index in [0.29, 0.717) is 17.2 Å². The van der Waals surface area contributed by atoms with Crippen LogP contribution >= 0.6 is 0 Å². The highest BCUT2D eigenvalue weighted by atomic mass is 32.2. The normalized spacial score (nSPS) is 13.9. The van der Waals surface area contributed by atoms with Crippen LogP contribution in [0.1, 0.15) is 25.7 Å². The van der Waals surface area contributed by atoms with Crippen molar-refractivity contribution in [3.8, 4) is 17.2 Å². The summed E-state index contributed by atoms with van der Waals surface area (Å²) in [4.78, 5) is 12.8. The first-order valence-electron chi connectivity index (χ1n) is 11.2. The van der Waals surface area contributed by atoms with Crippen LogP contribution in [-0.2, 0) is 14.8 Å². The number of anilines is 2. The second-order valence-electron chi connectivity index (χ2n) is 8.25. The van der Waals surface area contributed by atoms with Crippen LogP contribution in [0.5, 0.6) is 17.2 Å². The molecule has 0 bridgehead atoms. The zero-order valence-corrected chi connectivity index (χ0v) is 19.8. The van der Waals surface area contributed by atoms with Crippen molar-refractivity contribution in [2.24, 2.45) is 0 Å². The van der Waals surface area contributed by atoms with Crippen LogP contribution in [-0.4, -0.2) is 33.2 Å². The first kappa shape index (κ1) is 23.6. The number of amides is 1. The molecule has 1 aliphatic carbocycles. The lowest BCUT2D eigenvalue weighted by molar-refractivity contribution is -0.114. The molecule has 7 nitrogen and oxygen atoms in total. The quantitative estimate of drug-likeness (QED) is 0.455. The summed E-state index contributed by atoms with van der Waals surface area (Å²) in [6.45, 7) is -0.395. The lowest BCUT2D eigenvalue weighted by atomic mass is 10.2. The molecule has 3 aromatic rings. The molecule has 4 rings (SSSR count). The van der Waals surface area contributed by atoms with Gasteiger partial charge in [-0.05, 0) is 74.2 Å². The largest absolute Gasteiger partial charge is 0.490 e. The highest BCUT2D eigenvalue weighted by molar-refractivity contribution is 7.92. The van der Waals surface area contributed by atoms with Gasteiger partial charge in [0.1, 0.15) is 18.0 Å². The minimum absolute atomic E-state index is 0.252. The third-order valence-corrected chi connectivity index (χ3v) is 6.66. The predicted octanol–water partition coefficient (Wildman–Crippen LogP) is 5.21. The van der Waals surface area contributed by atoms with Gasteiger partial charge in [-0.15, -0.1) is 0 Å². The summed E-state index contributed by atoms with van der Waals surface area (Å²) < 4.78 is 38.1. The van der Waals surface area contributed by atoms with Gasteiger partial charge in [0.05, 0.1) is 18.0 Å². The van der Waals surface area contributed by atoms with Crippen LogP contribution in [0.15, 0.2) is 78.9 Å². The Bertz CT molecular complexity index is 1210. The summed E-state index contributed by atoms with van der Waals surface area (Å²) in [6, 6.07) is 22.9. The number of hydrogen-bond donors (Lipinski definition) is 1. The number of nitrogens with zero attached hydrogens (tertiary/aromatic N) is 1. The highest BCUT2D eigenvalue weighted by Gasteiger charge is 2.24. The summed E-state index contributed by atoms with van der Waals surface area (Å²) >= 11 is 0. The molecule has 1 aliphatic rings. The molecule has 0 spiro atoms. The maximum Gasteiger partial charge on any atom is 0.245 e. The van der Waals surface area contributed by atoms with E-state index in [-0.39, 0.29) is 11.8 Å². The van der Waals surface area contributed by atoms with Crippen molar-refractivity contribution in [3.63, 3.8) is 0 Å². The summed E-state index contributed by atoms with van der Waals surface area (Å²) in [7, 11) is -3.77. The molecule has 1 amide bonds. The fourth-order valence-corrected chi connectivity index (χ4v) is 4.75. The van der Waals surface area contributed by atoms with Crippen LogP contribution < -0.4 is 19.1 Å². The van der Waals surface area contributed by atoms with Gasteiger partial charge < -0.3 is 14.8 Å². The molecule has 0 saturated heterocycles. The molecule has 1 N–H and O–H groups in total. The number of hydrogen-bond acceptors (Lipinski definition) is 5. The smallest absolute Gasteiger partial charge is 0.245 e. The maximum absolute atomic E-state index is 12.8. The molecule has 0 aliphatic heterocycles. The molecular formula is C26H28N2O5S. The summed E-state index contributed by atoms with van der Waals surface area (Å²) in [5.41, 5.74) is 0.843. The minimum atomic E-state index is -3.77. The number of ether oxygens (including phenoxy) is 2. The number of carbonyl (C=O) groups is 1. The van der Waals surface area contributed by atoms with Crippen molar-refractivity contribution < 1.29 is 22.7 Å². The Morgan fingerprint density at radius 1 is 0.912 bits per heavy atom. The zero-order chi connectivity index (χ0) is 24.0. The van der Waals surface area contributed by atoms with E-state index in [1.54, 1.807) is 48.5 Å². The van der Waals surface area contributed by atoms with Crippen molar-refractivity contribution >= 4 is 27.3 Å². The van der Waals surface area contributed by atoms with E-state index in [1.807, 2.05) is 30.3 Å². The number of sulfonamides is 1. The van der Waals surface area contributed by atoms with Crippen LogP contribution in [0.3, 0.4) is 0 Å². The monoisotopic (exact) mass is 480 g/mol. The standard InChI is InChI=1S/C26H28N2O5S/c1-34(30,31)28(24-13-7-8-14-25(24)33-22-9-3-2-4-10-22)19-26(29)27-20-15-17-23(18-16-20)32-21-11-5-6-12-21/h2-4,7-10,13-18,21H,5-6,11-12,19H2,1H3,(H,27,29). The molecule has 0 radical (unpaired) electrons. The van der Waals surface area contributed by atoms with E-state index in [9.17, 15) is 13.2 Å². The fraction of sp³-hybridized carbons (Fsp3) is 0.269. The van der Waals surface area contributed by atoms with E-state index >= 15 is 0 Å². The Morgan fingerprint density at radius 3 is 2.24 bits per heavy atom. The van der Waals surface area contributed by atoms with E-state index in [0.717, 1.165) is 29.2 Å². The second-order valence-corrected chi connectivity index (χ2v) is 10.2. The Hall–Kier alpha value is -3.52. The van der Waals surface area contributed by atoms with E-state index < -0.39 is 22.5 Å². The summed E-state index contributed by atoms with van der Waals surface area (Å²) in [5.74, 6) is 1.19. The van der Waals surface area contributed by atoms with Gasteiger partial charge >= 0.3 is 0 Å². The average Bonchev–Trinajstić information content (AvgIpc) is 3.32. The first-order valence-corrected chi connectivity index (χ1v) is 13.1. The predicted molar refractivity (Wildman–Crippen MR) is 133 cm³/mol. The topological polar surface area (TPSA) is 84.9 Å². The molecule has 178 valence electrons. The van der Waals surface area contributed by atoms with Crippen molar-refractivity contribution in [2.75, 3.05) is 22.4 Å². The number of rotatable bonds is 9. The van der Waals surface area contributed by atoms with Crippen molar-refractivity contribution in [3.05, 3.63) is 78.9 Å². The Balaban J connectivity index is 1.46. The molecule has 3 aromatic carbocycles. The van der Waals surface area contributed by atoms with Crippen LogP contribution in [0, 0.1) is 0 Å². The van der Waals surface area contributed by atoms with Crippen LogP contribution in [0.4, 0.5) is 11.4 Å². The summed E-state index contributed by atoms with van der Waals surface area (Å²) in [5, 5.41) is 2.76. The van der Waals surface area contributed by atoms with Gasteiger partial charge in [-0.2, -0.15) is 0 Å². The van der Waals surface area contributed by atoms with Crippen molar-refractivity contribution in [1.82, 2.24) is 0 Å². The molecule has 0 atom stereocenters. The Kier molecular flexibility index (Phi) is 7.37. The van der Waals surface area contributed by atoms with Gasteiger partial charge in [0.25, 0.3) is 0 Å². The minimum Gasteiger partial charge on any atom is -0.490 e. The lowest BCUT2D eigenvalue weighted by Gasteiger charge is -2.24. The first-order chi connectivity index (χ1) is 16.4. The maximum atomic E-state index is 12.8. The third-order valence-electron chi connectivity index (χ3n) is 5.54. The van der Waals surface area contributed by atoms with Crippen LogP contribution in [0.2, 0.25) is 0 Å². The Morgan fingerprint density at radius 2 is 1.56 bits per heavy atom. The van der Waals surface area contributed by atoms with Gasteiger partial charge in [-0.25, -0.2) is 8.42 Å². The number of carbonyl (C=O) groups excluding carboxylic acids is 1. The molecular weight excluding hydrogens is 452 g/mol.